The fourth-order valence-electron chi connectivity index (χ4n) is 4.18. The summed E-state index contributed by atoms with van der Waals surface area (Å²) in [5.41, 5.74) is 0. The first-order valence-electron chi connectivity index (χ1n) is 12.6. The third kappa shape index (κ3) is 8.55. The third-order valence-electron chi connectivity index (χ3n) is 5.97. The largest absolute Gasteiger partial charge is 0.407 e. The van der Waals surface area contributed by atoms with Crippen LogP contribution in [0.3, 0.4) is 0 Å². The SMILES string of the molecule is CCCCCCC(C)O[Si](OC(C)CCCCCC)(c1ccccc1)c1ccccc1. The van der Waals surface area contributed by atoms with Crippen molar-refractivity contribution in [1.29, 1.82) is 0 Å². The predicted octanol–water partition coefficient (Wildman–Crippen LogP) is 6.99. The van der Waals surface area contributed by atoms with Gasteiger partial charge in [-0.3, -0.25) is 0 Å². The Kier molecular flexibility index (Phi) is 12.2. The van der Waals surface area contributed by atoms with Crippen molar-refractivity contribution in [2.75, 3.05) is 0 Å². The van der Waals surface area contributed by atoms with Gasteiger partial charge in [-0.1, -0.05) is 126 Å². The van der Waals surface area contributed by atoms with Gasteiger partial charge in [0.2, 0.25) is 0 Å². The molecular weight excluding hydrogens is 396 g/mol. The second-order valence-corrected chi connectivity index (χ2v) is 11.8. The minimum absolute atomic E-state index is 0.177. The molecule has 0 saturated carbocycles. The zero-order valence-electron chi connectivity index (χ0n) is 20.3. The Labute approximate surface area is 192 Å². The fourth-order valence-corrected chi connectivity index (χ4v) is 7.75. The lowest BCUT2D eigenvalue weighted by Crippen LogP contribution is -2.65. The molecule has 2 aromatic rings. The molecule has 0 saturated heterocycles. The van der Waals surface area contributed by atoms with E-state index in [9.17, 15) is 0 Å². The van der Waals surface area contributed by atoms with Crippen LogP contribution in [0.4, 0.5) is 0 Å². The van der Waals surface area contributed by atoms with Crippen molar-refractivity contribution in [3.05, 3.63) is 60.7 Å². The number of hydrogen-bond donors (Lipinski definition) is 0. The van der Waals surface area contributed by atoms with E-state index in [2.05, 4.69) is 88.4 Å². The quantitative estimate of drug-likeness (QED) is 0.207. The molecule has 0 aromatic heterocycles. The molecule has 0 radical (unpaired) electrons. The van der Waals surface area contributed by atoms with E-state index in [0.717, 1.165) is 12.8 Å². The molecule has 0 aliphatic carbocycles. The van der Waals surface area contributed by atoms with Gasteiger partial charge in [0.25, 0.3) is 0 Å². The molecule has 2 unspecified atom stereocenters. The van der Waals surface area contributed by atoms with Gasteiger partial charge in [0.1, 0.15) is 0 Å². The summed E-state index contributed by atoms with van der Waals surface area (Å²) in [5, 5.41) is 2.42. The van der Waals surface area contributed by atoms with E-state index in [0.29, 0.717) is 0 Å². The maximum absolute atomic E-state index is 7.01. The fraction of sp³-hybridized carbons (Fsp3) is 0.571. The molecule has 172 valence electrons. The molecule has 31 heavy (non-hydrogen) atoms. The van der Waals surface area contributed by atoms with Crippen molar-refractivity contribution in [2.45, 2.75) is 104 Å². The standard InChI is InChI=1S/C28H44O2Si/c1-5-7-9-13-19-25(3)29-31(27-21-15-11-16-22-27,28-23-17-12-18-24-28)30-26(4)20-14-10-8-6-2/h11-12,15-18,21-26H,5-10,13-14,19-20H2,1-4H3. The van der Waals surface area contributed by atoms with E-state index in [1.807, 2.05) is 0 Å². The van der Waals surface area contributed by atoms with Crippen molar-refractivity contribution < 1.29 is 8.85 Å². The van der Waals surface area contributed by atoms with Gasteiger partial charge in [-0.05, 0) is 37.1 Å². The maximum atomic E-state index is 7.01. The number of rotatable bonds is 16. The minimum atomic E-state index is -2.81. The summed E-state index contributed by atoms with van der Waals surface area (Å²) < 4.78 is 14.0. The molecule has 0 aliphatic rings. The number of unbranched alkanes of at least 4 members (excludes halogenated alkanes) is 6. The molecule has 0 heterocycles. The average molecular weight is 441 g/mol. The topological polar surface area (TPSA) is 18.5 Å². The molecule has 0 spiro atoms. The molecule has 2 nitrogen and oxygen atoms in total. The molecule has 2 atom stereocenters. The highest BCUT2D eigenvalue weighted by Crippen LogP contribution is 2.20. The minimum Gasteiger partial charge on any atom is -0.385 e. The normalized spacial score (nSPS) is 13.8. The maximum Gasteiger partial charge on any atom is 0.407 e. The van der Waals surface area contributed by atoms with Crippen LogP contribution in [0.25, 0.3) is 0 Å². The van der Waals surface area contributed by atoms with Gasteiger partial charge in [0.05, 0.1) is 0 Å². The lowest BCUT2D eigenvalue weighted by atomic mass is 10.1. The molecule has 3 heteroatoms. The van der Waals surface area contributed by atoms with Crippen molar-refractivity contribution in [3.63, 3.8) is 0 Å². The first kappa shape index (κ1) is 25.8. The summed E-state index contributed by atoms with van der Waals surface area (Å²) in [6.45, 7) is 8.99. The smallest absolute Gasteiger partial charge is 0.385 e. The highest BCUT2D eigenvalue weighted by molar-refractivity contribution is 6.92. The lowest BCUT2D eigenvalue weighted by molar-refractivity contribution is 0.0990. The molecule has 0 fully saturated rings. The van der Waals surface area contributed by atoms with Crippen LogP contribution in [0, 0.1) is 0 Å². The van der Waals surface area contributed by atoms with Gasteiger partial charge >= 0.3 is 8.56 Å². The van der Waals surface area contributed by atoms with Crippen LogP contribution < -0.4 is 10.4 Å². The van der Waals surface area contributed by atoms with E-state index < -0.39 is 8.56 Å². The predicted molar refractivity (Wildman–Crippen MR) is 137 cm³/mol. The first-order valence-corrected chi connectivity index (χ1v) is 14.4. The van der Waals surface area contributed by atoms with Gasteiger partial charge in [0, 0.05) is 12.2 Å². The van der Waals surface area contributed by atoms with Gasteiger partial charge in [-0.15, -0.1) is 0 Å². The molecular formula is C28H44O2Si. The molecule has 0 N–H and O–H groups in total. The third-order valence-corrected chi connectivity index (χ3v) is 9.63. The highest BCUT2D eigenvalue weighted by Gasteiger charge is 2.45. The van der Waals surface area contributed by atoms with Crippen LogP contribution >= 0.6 is 0 Å². The van der Waals surface area contributed by atoms with E-state index in [1.165, 1.54) is 61.7 Å². The molecule has 0 aliphatic heterocycles. The first-order chi connectivity index (χ1) is 15.1. The zero-order chi connectivity index (χ0) is 22.4. The van der Waals surface area contributed by atoms with Gasteiger partial charge in [-0.25, -0.2) is 0 Å². The number of benzene rings is 2. The Morgan fingerprint density at radius 2 is 0.968 bits per heavy atom. The summed E-state index contributed by atoms with van der Waals surface area (Å²) >= 11 is 0. The monoisotopic (exact) mass is 440 g/mol. The summed E-state index contributed by atoms with van der Waals surface area (Å²) in [6, 6.07) is 21.4. The molecule has 0 amide bonds. The van der Waals surface area contributed by atoms with Crippen LogP contribution in [0.2, 0.25) is 0 Å². The number of hydrogen-bond acceptors (Lipinski definition) is 2. The van der Waals surface area contributed by atoms with Crippen LogP contribution in [0.5, 0.6) is 0 Å². The lowest BCUT2D eigenvalue weighted by Gasteiger charge is -2.36. The van der Waals surface area contributed by atoms with E-state index >= 15 is 0 Å². The van der Waals surface area contributed by atoms with Crippen molar-refractivity contribution >= 4 is 18.9 Å². The second-order valence-electron chi connectivity index (χ2n) is 8.90. The van der Waals surface area contributed by atoms with E-state index in [-0.39, 0.29) is 12.2 Å². The molecule has 2 aromatic carbocycles. The van der Waals surface area contributed by atoms with E-state index in [1.54, 1.807) is 0 Å². The molecule has 0 bridgehead atoms. The van der Waals surface area contributed by atoms with Crippen molar-refractivity contribution in [1.82, 2.24) is 0 Å². The van der Waals surface area contributed by atoms with Crippen molar-refractivity contribution in [3.8, 4) is 0 Å². The molecule has 2 rings (SSSR count). The Balaban J connectivity index is 2.28. The summed E-state index contributed by atoms with van der Waals surface area (Å²) in [5.74, 6) is 0. The van der Waals surface area contributed by atoms with Gasteiger partial charge in [-0.2, -0.15) is 0 Å². The summed E-state index contributed by atoms with van der Waals surface area (Å²) in [7, 11) is -2.81. The van der Waals surface area contributed by atoms with Gasteiger partial charge < -0.3 is 8.85 Å². The Morgan fingerprint density at radius 3 is 1.32 bits per heavy atom. The van der Waals surface area contributed by atoms with Gasteiger partial charge in [0.15, 0.2) is 0 Å². The van der Waals surface area contributed by atoms with Crippen LogP contribution in [0.1, 0.15) is 91.9 Å². The van der Waals surface area contributed by atoms with Crippen LogP contribution in [-0.2, 0) is 8.85 Å². The highest BCUT2D eigenvalue weighted by atomic mass is 28.4. The van der Waals surface area contributed by atoms with Crippen molar-refractivity contribution in [2.24, 2.45) is 0 Å². The summed E-state index contributed by atoms with van der Waals surface area (Å²) in [6.07, 6.45) is 12.7. The van der Waals surface area contributed by atoms with Crippen LogP contribution in [-0.4, -0.2) is 20.8 Å². The Bertz CT molecular complexity index is 627. The van der Waals surface area contributed by atoms with Crippen LogP contribution in [0.15, 0.2) is 60.7 Å². The Hall–Kier alpha value is -1.42. The average Bonchev–Trinajstić information content (AvgIpc) is 2.80. The van der Waals surface area contributed by atoms with E-state index in [4.69, 9.17) is 8.85 Å². The second kappa shape index (κ2) is 14.6. The summed E-state index contributed by atoms with van der Waals surface area (Å²) in [4.78, 5) is 0. The zero-order valence-corrected chi connectivity index (χ0v) is 21.3. The Morgan fingerprint density at radius 1 is 0.581 bits per heavy atom.